The Kier molecular flexibility index (Phi) is 8.08. The van der Waals surface area contributed by atoms with Crippen molar-refractivity contribution in [1.82, 2.24) is 10.6 Å². The van der Waals surface area contributed by atoms with Crippen molar-refractivity contribution in [2.45, 2.75) is 23.8 Å². The van der Waals surface area contributed by atoms with Crippen LogP contribution in [0.1, 0.15) is 21.5 Å². The van der Waals surface area contributed by atoms with Crippen molar-refractivity contribution in [2.24, 2.45) is 0 Å². The second-order valence-electron chi connectivity index (χ2n) is 5.99. The predicted octanol–water partition coefficient (Wildman–Crippen LogP) is 6.02. The van der Waals surface area contributed by atoms with Gasteiger partial charge in [-0.15, -0.1) is 0 Å². The first-order chi connectivity index (χ1) is 13.0. The molecule has 0 aromatic heterocycles. The minimum atomic E-state index is -1.89. The molecule has 0 fully saturated rings. The zero-order valence-electron chi connectivity index (χ0n) is 14.7. The molecule has 2 rings (SSSR count). The van der Waals surface area contributed by atoms with Crippen LogP contribution < -0.4 is 16.0 Å². The number of nitrogens with one attached hydrogen (secondary N) is 3. The molecular formula is C18H16Cl5N3OS. The lowest BCUT2D eigenvalue weighted by Gasteiger charge is -2.28. The molecule has 10 heteroatoms. The largest absolute Gasteiger partial charge is 0.339 e. The van der Waals surface area contributed by atoms with Crippen LogP contribution in [0.2, 0.25) is 10.0 Å². The minimum absolute atomic E-state index is 0.171. The molecule has 0 bridgehead atoms. The van der Waals surface area contributed by atoms with E-state index in [-0.39, 0.29) is 15.7 Å². The highest BCUT2D eigenvalue weighted by Gasteiger charge is 2.35. The summed E-state index contributed by atoms with van der Waals surface area (Å²) in [5, 5.41) is 9.16. The van der Waals surface area contributed by atoms with Gasteiger partial charge in [-0.25, -0.2) is 0 Å². The molecule has 0 unspecified atom stereocenters. The molecule has 0 spiro atoms. The van der Waals surface area contributed by atoms with Crippen LogP contribution in [-0.2, 0) is 0 Å². The number of amides is 1. The number of rotatable bonds is 4. The van der Waals surface area contributed by atoms with E-state index in [0.717, 1.165) is 16.8 Å². The highest BCUT2D eigenvalue weighted by molar-refractivity contribution is 7.80. The Balaban J connectivity index is 2.14. The van der Waals surface area contributed by atoms with Gasteiger partial charge in [-0.3, -0.25) is 4.79 Å². The maximum absolute atomic E-state index is 12.6. The molecular weight excluding hydrogens is 484 g/mol. The Morgan fingerprint density at radius 1 is 1.04 bits per heavy atom. The molecule has 0 aliphatic rings. The van der Waals surface area contributed by atoms with Crippen molar-refractivity contribution in [3.63, 3.8) is 0 Å². The van der Waals surface area contributed by atoms with Crippen LogP contribution in [0.5, 0.6) is 0 Å². The monoisotopic (exact) mass is 497 g/mol. The van der Waals surface area contributed by atoms with Crippen LogP contribution in [0.25, 0.3) is 0 Å². The molecule has 1 atom stereocenters. The van der Waals surface area contributed by atoms with Crippen LogP contribution in [-0.4, -0.2) is 21.0 Å². The molecule has 2 aromatic rings. The van der Waals surface area contributed by atoms with Gasteiger partial charge in [0.1, 0.15) is 6.17 Å². The van der Waals surface area contributed by atoms with E-state index in [9.17, 15) is 4.79 Å². The number of anilines is 1. The van der Waals surface area contributed by atoms with E-state index in [0.29, 0.717) is 5.02 Å². The SMILES string of the molecule is Cc1ccc(C)c(NC(=S)N[C@@H](NC(=O)c2ccc(Cl)cc2Cl)C(Cl)(Cl)Cl)c1. The second kappa shape index (κ2) is 9.70. The third kappa shape index (κ3) is 6.55. The molecule has 0 saturated heterocycles. The quantitative estimate of drug-likeness (QED) is 0.273. The van der Waals surface area contributed by atoms with Crippen molar-refractivity contribution < 1.29 is 4.79 Å². The highest BCUT2D eigenvalue weighted by Crippen LogP contribution is 2.30. The zero-order valence-corrected chi connectivity index (χ0v) is 19.3. The first-order valence-electron chi connectivity index (χ1n) is 7.95. The number of aryl methyl sites for hydroxylation is 2. The van der Waals surface area contributed by atoms with Gasteiger partial charge in [0, 0.05) is 10.7 Å². The Morgan fingerprint density at radius 3 is 2.32 bits per heavy atom. The molecule has 0 aliphatic carbocycles. The molecule has 2 aromatic carbocycles. The topological polar surface area (TPSA) is 53.2 Å². The summed E-state index contributed by atoms with van der Waals surface area (Å²) in [5.41, 5.74) is 3.02. The zero-order chi connectivity index (χ0) is 21.1. The maximum atomic E-state index is 12.6. The number of carbonyl (C=O) groups excluding carboxylic acids is 1. The van der Waals surface area contributed by atoms with E-state index < -0.39 is 15.9 Å². The summed E-state index contributed by atoms with van der Waals surface area (Å²) in [6.45, 7) is 3.89. The third-order valence-corrected chi connectivity index (χ3v) is 5.12. The van der Waals surface area contributed by atoms with E-state index in [2.05, 4.69) is 16.0 Å². The number of hydrogen-bond acceptors (Lipinski definition) is 2. The lowest BCUT2D eigenvalue weighted by molar-refractivity contribution is 0.0934. The molecule has 150 valence electrons. The van der Waals surface area contributed by atoms with Crippen molar-refractivity contribution in [3.05, 3.63) is 63.1 Å². The Bertz CT molecular complexity index is 901. The maximum Gasteiger partial charge on any atom is 0.254 e. The summed E-state index contributed by atoms with van der Waals surface area (Å²) in [4.78, 5) is 12.6. The lowest BCUT2D eigenvalue weighted by Crippen LogP contribution is -2.56. The van der Waals surface area contributed by atoms with Crippen molar-refractivity contribution >= 4 is 86.9 Å². The predicted molar refractivity (Wildman–Crippen MR) is 123 cm³/mol. The standard InChI is InChI=1S/C18H16Cl5N3OS/c1-9-3-4-10(2)14(7-9)24-17(28)26-16(18(21,22)23)25-15(27)12-6-5-11(19)8-13(12)20/h3-8,16H,1-2H3,(H,25,27)(H2,24,26,28)/t16-/m1/s1. The summed E-state index contributed by atoms with van der Waals surface area (Å²) in [5.74, 6) is -0.556. The second-order valence-corrected chi connectivity index (χ2v) is 9.61. The molecule has 1 amide bonds. The van der Waals surface area contributed by atoms with E-state index in [1.54, 1.807) is 0 Å². The van der Waals surface area contributed by atoms with Crippen LogP contribution in [0, 0.1) is 13.8 Å². The number of thiocarbonyl (C=S) groups is 1. The van der Waals surface area contributed by atoms with Gasteiger partial charge in [0.25, 0.3) is 5.91 Å². The van der Waals surface area contributed by atoms with Crippen LogP contribution in [0.4, 0.5) is 5.69 Å². The van der Waals surface area contributed by atoms with E-state index in [1.165, 1.54) is 18.2 Å². The van der Waals surface area contributed by atoms with E-state index in [1.807, 2.05) is 32.0 Å². The minimum Gasteiger partial charge on any atom is -0.339 e. The fourth-order valence-corrected chi connectivity index (χ4v) is 3.29. The number of benzene rings is 2. The van der Waals surface area contributed by atoms with Crippen LogP contribution >= 0.6 is 70.2 Å². The fraction of sp³-hybridized carbons (Fsp3) is 0.222. The van der Waals surface area contributed by atoms with Gasteiger partial charge < -0.3 is 16.0 Å². The highest BCUT2D eigenvalue weighted by atomic mass is 35.6. The van der Waals surface area contributed by atoms with Gasteiger partial charge in [0.15, 0.2) is 5.11 Å². The lowest BCUT2D eigenvalue weighted by atomic mass is 10.1. The van der Waals surface area contributed by atoms with Crippen molar-refractivity contribution in [3.8, 4) is 0 Å². The summed E-state index contributed by atoms with van der Waals surface area (Å²) in [7, 11) is 0. The number of hydrogen-bond donors (Lipinski definition) is 3. The average molecular weight is 500 g/mol. The molecule has 0 aliphatic heterocycles. The van der Waals surface area contributed by atoms with Gasteiger partial charge in [-0.1, -0.05) is 70.1 Å². The molecule has 0 saturated carbocycles. The van der Waals surface area contributed by atoms with E-state index in [4.69, 9.17) is 70.2 Å². The van der Waals surface area contributed by atoms with Crippen molar-refractivity contribution in [2.75, 3.05) is 5.32 Å². The Hall–Kier alpha value is -0.950. The van der Waals surface area contributed by atoms with Gasteiger partial charge in [-0.05, 0) is 61.5 Å². The number of carbonyl (C=O) groups is 1. The molecule has 0 radical (unpaired) electrons. The summed E-state index contributed by atoms with van der Waals surface area (Å²) < 4.78 is -1.89. The third-order valence-electron chi connectivity index (χ3n) is 3.70. The fourth-order valence-electron chi connectivity index (χ4n) is 2.24. The smallest absolute Gasteiger partial charge is 0.254 e. The molecule has 4 nitrogen and oxygen atoms in total. The van der Waals surface area contributed by atoms with Gasteiger partial charge >= 0.3 is 0 Å². The Morgan fingerprint density at radius 2 is 1.71 bits per heavy atom. The Labute approximate surface area is 193 Å². The molecule has 28 heavy (non-hydrogen) atoms. The first-order valence-corrected chi connectivity index (χ1v) is 10.2. The van der Waals surface area contributed by atoms with Gasteiger partial charge in [0.05, 0.1) is 10.6 Å². The normalized spacial score (nSPS) is 12.2. The van der Waals surface area contributed by atoms with Gasteiger partial charge in [0.2, 0.25) is 3.79 Å². The summed E-state index contributed by atoms with van der Waals surface area (Å²) in [6.07, 6.45) is -1.12. The van der Waals surface area contributed by atoms with Crippen LogP contribution in [0.15, 0.2) is 36.4 Å². The molecule has 3 N–H and O–H groups in total. The van der Waals surface area contributed by atoms with E-state index >= 15 is 0 Å². The average Bonchev–Trinajstić information content (AvgIpc) is 2.56. The van der Waals surface area contributed by atoms with Gasteiger partial charge in [-0.2, -0.15) is 0 Å². The number of halogens is 5. The summed E-state index contributed by atoms with van der Waals surface area (Å²) >= 11 is 35.3. The first kappa shape index (κ1) is 23.3. The summed E-state index contributed by atoms with van der Waals surface area (Å²) in [6, 6.07) is 10.3. The number of alkyl halides is 3. The van der Waals surface area contributed by atoms with Crippen LogP contribution in [0.3, 0.4) is 0 Å². The molecule has 0 heterocycles. The van der Waals surface area contributed by atoms with Crippen molar-refractivity contribution in [1.29, 1.82) is 0 Å².